The van der Waals surface area contributed by atoms with Crippen molar-refractivity contribution in [2.24, 2.45) is 7.05 Å². The summed E-state index contributed by atoms with van der Waals surface area (Å²) in [7, 11) is 1.86. The minimum atomic E-state index is -0.259. The van der Waals surface area contributed by atoms with Crippen LogP contribution in [0.1, 0.15) is 19.3 Å². The van der Waals surface area contributed by atoms with Gasteiger partial charge < -0.3 is 9.64 Å². The number of carbonyl (C=O) groups excluding carboxylic acids is 1. The number of amides is 1. The highest BCUT2D eigenvalue weighted by Crippen LogP contribution is 2.26. The second-order valence-corrected chi connectivity index (χ2v) is 6.60. The molecular weight excluding hydrogens is 344 g/mol. The van der Waals surface area contributed by atoms with Gasteiger partial charge in [0.1, 0.15) is 11.6 Å². The monoisotopic (exact) mass is 364 g/mol. The summed E-state index contributed by atoms with van der Waals surface area (Å²) in [5, 5.41) is 8.53. The largest absolute Gasteiger partial charge is 0.473 e. The number of ether oxygens (including phenoxy) is 1. The Bertz CT molecular complexity index is 1010. The molecule has 1 aliphatic rings. The molecule has 0 spiro atoms. The zero-order valence-corrected chi connectivity index (χ0v) is 15.1. The molecule has 0 aliphatic carbocycles. The minimum absolute atomic E-state index is 0.0316. The van der Waals surface area contributed by atoms with Gasteiger partial charge in [-0.1, -0.05) is 0 Å². The lowest BCUT2D eigenvalue weighted by molar-refractivity contribution is -0.125. The molecule has 1 aliphatic heterocycles. The molecule has 1 saturated heterocycles. The molecule has 3 aromatic rings. The van der Waals surface area contributed by atoms with Gasteiger partial charge in [0, 0.05) is 38.3 Å². The van der Waals surface area contributed by atoms with Crippen LogP contribution in [0.25, 0.3) is 16.8 Å². The summed E-state index contributed by atoms with van der Waals surface area (Å²) in [6.07, 6.45) is 14.8. The average Bonchev–Trinajstić information content (AvgIpc) is 3.26. The van der Waals surface area contributed by atoms with Crippen LogP contribution < -0.4 is 4.74 Å². The highest BCUT2D eigenvalue weighted by Gasteiger charge is 2.22. The van der Waals surface area contributed by atoms with Crippen molar-refractivity contribution in [3.63, 3.8) is 0 Å². The number of fused-ring (bicyclic) bond motifs is 1. The summed E-state index contributed by atoms with van der Waals surface area (Å²) in [5.41, 5.74) is 2.45. The first-order valence-electron chi connectivity index (χ1n) is 8.89. The highest BCUT2D eigenvalue weighted by atomic mass is 16.5. The molecule has 4 rings (SSSR count). The van der Waals surface area contributed by atoms with Gasteiger partial charge in [-0.05, 0) is 24.8 Å². The Morgan fingerprint density at radius 3 is 2.96 bits per heavy atom. The number of nitrogens with zero attached hydrogens (tertiary/aromatic N) is 6. The lowest BCUT2D eigenvalue weighted by Gasteiger charge is -2.18. The van der Waals surface area contributed by atoms with Crippen LogP contribution in [0, 0.1) is 12.3 Å². The number of hydrogen-bond donors (Lipinski definition) is 0. The van der Waals surface area contributed by atoms with E-state index in [1.165, 1.54) is 0 Å². The third-order valence-corrected chi connectivity index (χ3v) is 4.72. The van der Waals surface area contributed by atoms with Crippen LogP contribution in [0.3, 0.4) is 0 Å². The average molecular weight is 364 g/mol. The molecule has 8 heteroatoms. The van der Waals surface area contributed by atoms with Crippen molar-refractivity contribution in [1.29, 1.82) is 0 Å². The maximum Gasteiger partial charge on any atom is 0.298 e. The van der Waals surface area contributed by atoms with Crippen molar-refractivity contribution in [1.82, 2.24) is 29.3 Å². The Balaban J connectivity index is 1.59. The predicted molar refractivity (Wildman–Crippen MR) is 98.9 cm³/mol. The highest BCUT2D eigenvalue weighted by molar-refractivity contribution is 5.92. The maximum atomic E-state index is 11.7. The molecule has 0 radical (unpaired) electrons. The Morgan fingerprint density at radius 1 is 1.30 bits per heavy atom. The van der Waals surface area contributed by atoms with Crippen molar-refractivity contribution < 1.29 is 9.53 Å². The smallest absolute Gasteiger partial charge is 0.298 e. The Hall–Kier alpha value is -3.34. The normalized spacial score (nSPS) is 17.5. The molecule has 0 saturated carbocycles. The summed E-state index contributed by atoms with van der Waals surface area (Å²) in [6, 6.07) is 1.88. The molecule has 8 nitrogen and oxygen atoms in total. The van der Waals surface area contributed by atoms with E-state index in [9.17, 15) is 4.79 Å². The van der Waals surface area contributed by atoms with Crippen LogP contribution in [0.4, 0.5) is 0 Å². The van der Waals surface area contributed by atoms with E-state index in [0.29, 0.717) is 25.4 Å². The van der Waals surface area contributed by atoms with Crippen molar-refractivity contribution in [3.05, 3.63) is 30.9 Å². The Kier molecular flexibility index (Phi) is 4.50. The SMILES string of the molecule is C#CC(=O)N1CCC[C@H](Oc2nc(-c3cnn(C)c3)cn3nccc23)CC1. The number of aromatic nitrogens is 5. The fourth-order valence-corrected chi connectivity index (χ4v) is 3.31. The minimum Gasteiger partial charge on any atom is -0.473 e. The molecule has 27 heavy (non-hydrogen) atoms. The quantitative estimate of drug-likeness (QED) is 0.659. The van der Waals surface area contributed by atoms with Gasteiger partial charge in [0.2, 0.25) is 5.88 Å². The molecule has 3 aromatic heterocycles. The van der Waals surface area contributed by atoms with Crippen molar-refractivity contribution >= 4 is 11.4 Å². The molecule has 0 unspecified atom stereocenters. The van der Waals surface area contributed by atoms with Crippen molar-refractivity contribution in [3.8, 4) is 29.5 Å². The van der Waals surface area contributed by atoms with Gasteiger partial charge in [-0.25, -0.2) is 9.50 Å². The second-order valence-electron chi connectivity index (χ2n) is 6.60. The predicted octanol–water partition coefficient (Wildman–Crippen LogP) is 1.52. The fraction of sp³-hybridized carbons (Fsp3) is 0.368. The van der Waals surface area contributed by atoms with Gasteiger partial charge in [0.15, 0.2) is 0 Å². The molecular formula is C19H20N6O2. The number of hydrogen-bond acceptors (Lipinski definition) is 5. The standard InChI is InChI=1S/C19H20N6O2/c1-3-18(26)24-9-4-5-15(7-10-24)27-19-17-6-8-20-25(17)13-16(22-19)14-11-21-23(2)12-14/h1,6,8,11-13,15H,4-5,7,9-10H2,2H3/t15-/m0/s1. The number of rotatable bonds is 3. The molecule has 0 aromatic carbocycles. The van der Waals surface area contributed by atoms with Crippen LogP contribution in [0.2, 0.25) is 0 Å². The topological polar surface area (TPSA) is 77.6 Å². The third kappa shape index (κ3) is 3.49. The molecule has 138 valence electrons. The zero-order valence-electron chi connectivity index (χ0n) is 15.1. The van der Waals surface area contributed by atoms with Crippen LogP contribution in [0.5, 0.6) is 5.88 Å². The van der Waals surface area contributed by atoms with E-state index in [2.05, 4.69) is 16.1 Å². The van der Waals surface area contributed by atoms with E-state index in [0.717, 1.165) is 29.6 Å². The molecule has 1 atom stereocenters. The summed E-state index contributed by atoms with van der Waals surface area (Å²) in [5.74, 6) is 2.47. The van der Waals surface area contributed by atoms with E-state index in [1.807, 2.05) is 25.5 Å². The summed E-state index contributed by atoms with van der Waals surface area (Å²) in [6.45, 7) is 1.25. The Labute approximate surface area is 156 Å². The van der Waals surface area contributed by atoms with E-state index in [4.69, 9.17) is 16.1 Å². The van der Waals surface area contributed by atoms with Crippen LogP contribution >= 0.6 is 0 Å². The van der Waals surface area contributed by atoms with Gasteiger partial charge in [0.25, 0.3) is 5.91 Å². The van der Waals surface area contributed by atoms with Gasteiger partial charge >= 0.3 is 0 Å². The number of likely N-dealkylation sites (tertiary alicyclic amines) is 1. The van der Waals surface area contributed by atoms with Crippen LogP contribution in [-0.2, 0) is 11.8 Å². The first kappa shape index (κ1) is 17.1. The van der Waals surface area contributed by atoms with Crippen LogP contribution in [0.15, 0.2) is 30.9 Å². The van der Waals surface area contributed by atoms with Crippen molar-refractivity contribution in [2.75, 3.05) is 13.1 Å². The molecule has 1 fully saturated rings. The molecule has 0 N–H and O–H groups in total. The van der Waals surface area contributed by atoms with E-state index in [-0.39, 0.29) is 12.0 Å². The Morgan fingerprint density at radius 2 is 2.19 bits per heavy atom. The number of aryl methyl sites for hydroxylation is 1. The summed E-state index contributed by atoms with van der Waals surface area (Å²) >= 11 is 0. The van der Waals surface area contributed by atoms with Crippen molar-refractivity contribution in [2.45, 2.75) is 25.4 Å². The molecule has 4 heterocycles. The number of terminal acetylenes is 1. The van der Waals surface area contributed by atoms with Gasteiger partial charge in [-0.15, -0.1) is 6.42 Å². The lowest BCUT2D eigenvalue weighted by atomic mass is 10.1. The van der Waals surface area contributed by atoms with E-state index >= 15 is 0 Å². The third-order valence-electron chi connectivity index (χ3n) is 4.72. The summed E-state index contributed by atoms with van der Waals surface area (Å²) in [4.78, 5) is 18.2. The fourth-order valence-electron chi connectivity index (χ4n) is 3.31. The van der Waals surface area contributed by atoms with E-state index < -0.39 is 0 Å². The maximum absolute atomic E-state index is 11.7. The first-order chi connectivity index (χ1) is 13.1. The number of carbonyl (C=O) groups is 1. The molecule has 0 bridgehead atoms. The lowest BCUT2D eigenvalue weighted by Crippen LogP contribution is -2.31. The van der Waals surface area contributed by atoms with Gasteiger partial charge in [-0.2, -0.15) is 10.2 Å². The van der Waals surface area contributed by atoms with Crippen LogP contribution in [-0.4, -0.2) is 54.4 Å². The zero-order chi connectivity index (χ0) is 18.8. The molecule has 1 amide bonds. The first-order valence-corrected chi connectivity index (χ1v) is 8.89. The van der Waals surface area contributed by atoms with Gasteiger partial charge in [0.05, 0.1) is 24.3 Å². The van der Waals surface area contributed by atoms with Gasteiger partial charge in [-0.3, -0.25) is 9.48 Å². The summed E-state index contributed by atoms with van der Waals surface area (Å²) < 4.78 is 9.74. The van der Waals surface area contributed by atoms with E-state index in [1.54, 1.807) is 26.5 Å². The second kappa shape index (κ2) is 7.11.